The van der Waals surface area contributed by atoms with Crippen molar-refractivity contribution < 1.29 is 9.21 Å². The second-order valence-electron chi connectivity index (χ2n) is 5.37. The van der Waals surface area contributed by atoms with E-state index < -0.39 is 0 Å². The van der Waals surface area contributed by atoms with E-state index in [0.717, 1.165) is 11.1 Å². The van der Waals surface area contributed by atoms with Gasteiger partial charge in [-0.05, 0) is 11.5 Å². The Morgan fingerprint density at radius 1 is 1.12 bits per heavy atom. The quantitative estimate of drug-likeness (QED) is 0.579. The topological polar surface area (TPSA) is 93.2 Å². The zero-order valence-corrected chi connectivity index (χ0v) is 13.3. The van der Waals surface area contributed by atoms with Crippen LogP contribution in [0.4, 0.5) is 5.69 Å². The van der Waals surface area contributed by atoms with Gasteiger partial charge in [-0.1, -0.05) is 36.4 Å². The summed E-state index contributed by atoms with van der Waals surface area (Å²) in [7, 11) is 0. The van der Waals surface area contributed by atoms with Crippen LogP contribution in [-0.4, -0.2) is 30.5 Å². The first-order valence-electron chi connectivity index (χ1n) is 7.92. The lowest BCUT2D eigenvalue weighted by Gasteiger charge is -2.10. The van der Waals surface area contributed by atoms with Gasteiger partial charge < -0.3 is 20.8 Å². The molecule has 124 valence electrons. The molecule has 0 saturated heterocycles. The number of amides is 1. The second kappa shape index (κ2) is 7.61. The molecule has 4 N–H and O–H groups in total. The largest absolute Gasteiger partial charge is 0.448 e. The normalized spacial score (nSPS) is 10.7. The van der Waals surface area contributed by atoms with E-state index in [-0.39, 0.29) is 11.6 Å². The monoisotopic (exact) mass is 324 g/mol. The summed E-state index contributed by atoms with van der Waals surface area (Å²) in [4.78, 5) is 16.1. The van der Waals surface area contributed by atoms with E-state index in [9.17, 15) is 4.79 Å². The summed E-state index contributed by atoms with van der Waals surface area (Å²) in [5.41, 5.74) is 6.76. The Labute approximate surface area is 140 Å². The third-order valence-corrected chi connectivity index (χ3v) is 3.66. The van der Waals surface area contributed by atoms with Crippen molar-refractivity contribution >= 4 is 22.4 Å². The molecule has 6 heteroatoms. The lowest BCUT2D eigenvalue weighted by atomic mass is 10.1. The fourth-order valence-corrected chi connectivity index (χ4v) is 2.50. The molecule has 0 spiro atoms. The third kappa shape index (κ3) is 3.72. The van der Waals surface area contributed by atoms with Gasteiger partial charge in [-0.2, -0.15) is 0 Å². The molecule has 3 aromatic rings. The van der Waals surface area contributed by atoms with E-state index in [1.165, 1.54) is 11.6 Å². The van der Waals surface area contributed by atoms with Gasteiger partial charge in [0.1, 0.15) is 6.26 Å². The molecule has 6 nitrogen and oxygen atoms in total. The fourth-order valence-electron chi connectivity index (χ4n) is 2.50. The second-order valence-corrected chi connectivity index (χ2v) is 5.37. The number of rotatable bonds is 7. The predicted octanol–water partition coefficient (Wildman–Crippen LogP) is 2.17. The van der Waals surface area contributed by atoms with Crippen molar-refractivity contribution in [2.75, 3.05) is 25.0 Å². The molecule has 1 heterocycles. The van der Waals surface area contributed by atoms with E-state index in [1.807, 2.05) is 24.3 Å². The van der Waals surface area contributed by atoms with Crippen LogP contribution in [0.15, 0.2) is 53.1 Å². The molecule has 0 atom stereocenters. The number of hydrogen-bond acceptors (Lipinski definition) is 5. The molecule has 0 saturated carbocycles. The molecule has 0 radical (unpaired) electrons. The minimum absolute atomic E-state index is 0.248. The van der Waals surface area contributed by atoms with Crippen LogP contribution in [0, 0.1) is 0 Å². The van der Waals surface area contributed by atoms with Gasteiger partial charge in [0.05, 0.1) is 0 Å². The highest BCUT2D eigenvalue weighted by Crippen LogP contribution is 2.22. The van der Waals surface area contributed by atoms with Crippen LogP contribution in [0.5, 0.6) is 0 Å². The number of aromatic nitrogens is 1. The van der Waals surface area contributed by atoms with Gasteiger partial charge in [-0.25, -0.2) is 4.98 Å². The van der Waals surface area contributed by atoms with E-state index >= 15 is 0 Å². The Hall–Kier alpha value is -2.86. The van der Waals surface area contributed by atoms with Crippen LogP contribution in [0.3, 0.4) is 0 Å². The van der Waals surface area contributed by atoms with Crippen LogP contribution >= 0.6 is 0 Å². The molecule has 3 rings (SSSR count). The number of nitrogens with two attached hydrogens (primary N) is 1. The average molecular weight is 324 g/mol. The molecule has 1 amide bonds. The Morgan fingerprint density at radius 3 is 2.83 bits per heavy atom. The smallest absolute Gasteiger partial charge is 0.273 e. The summed E-state index contributed by atoms with van der Waals surface area (Å²) in [6.45, 7) is 1.55. The van der Waals surface area contributed by atoms with Gasteiger partial charge in [0.2, 0.25) is 0 Å². The van der Waals surface area contributed by atoms with E-state index in [1.54, 1.807) is 0 Å². The number of benzene rings is 2. The summed E-state index contributed by atoms with van der Waals surface area (Å²) in [6.07, 6.45) is 1.88. The van der Waals surface area contributed by atoms with Crippen LogP contribution in [0.25, 0.3) is 10.8 Å². The van der Waals surface area contributed by atoms with Crippen molar-refractivity contribution in [2.24, 2.45) is 5.73 Å². The van der Waals surface area contributed by atoms with Gasteiger partial charge in [0.25, 0.3) is 5.91 Å². The lowest BCUT2D eigenvalue weighted by molar-refractivity contribution is 0.0950. The van der Waals surface area contributed by atoms with Gasteiger partial charge >= 0.3 is 0 Å². The molecule has 0 aliphatic heterocycles. The van der Waals surface area contributed by atoms with Crippen LogP contribution in [0.2, 0.25) is 0 Å². The van der Waals surface area contributed by atoms with Crippen molar-refractivity contribution in [1.82, 2.24) is 10.3 Å². The molecule has 0 bridgehead atoms. The minimum atomic E-state index is -0.248. The number of anilines is 1. The van der Waals surface area contributed by atoms with Crippen molar-refractivity contribution in [1.29, 1.82) is 0 Å². The number of carbonyl (C=O) groups is 1. The first-order chi connectivity index (χ1) is 11.8. The molecule has 24 heavy (non-hydrogen) atoms. The summed E-state index contributed by atoms with van der Waals surface area (Å²) >= 11 is 0. The molecular formula is C18H20N4O2. The maximum Gasteiger partial charge on any atom is 0.273 e. The number of nitrogens with zero attached hydrogens (tertiary/aromatic N) is 1. The highest BCUT2D eigenvalue weighted by atomic mass is 16.3. The Bertz CT molecular complexity index is 823. The summed E-state index contributed by atoms with van der Waals surface area (Å²) in [5.74, 6) is 0.235. The molecule has 0 aliphatic carbocycles. The molecular weight excluding hydrogens is 304 g/mol. The van der Waals surface area contributed by atoms with Gasteiger partial charge in [0, 0.05) is 37.1 Å². The Kier molecular flexibility index (Phi) is 5.08. The van der Waals surface area contributed by atoms with Gasteiger partial charge in [0.15, 0.2) is 11.6 Å². The average Bonchev–Trinajstić information content (AvgIpc) is 3.08. The summed E-state index contributed by atoms with van der Waals surface area (Å²) in [5, 5.41) is 8.51. The number of hydrogen-bond donors (Lipinski definition) is 3. The zero-order valence-electron chi connectivity index (χ0n) is 13.3. The number of fused-ring (bicyclic) bond motifs is 1. The third-order valence-electron chi connectivity index (χ3n) is 3.66. The lowest BCUT2D eigenvalue weighted by Crippen LogP contribution is -2.29. The van der Waals surface area contributed by atoms with Crippen molar-refractivity contribution in [2.45, 2.75) is 6.42 Å². The fraction of sp³-hybridized carbons (Fsp3) is 0.222. The first-order valence-corrected chi connectivity index (χ1v) is 7.92. The van der Waals surface area contributed by atoms with E-state index in [4.69, 9.17) is 10.2 Å². The number of nitrogens with one attached hydrogen (secondary N) is 2. The van der Waals surface area contributed by atoms with Crippen LogP contribution in [-0.2, 0) is 6.42 Å². The van der Waals surface area contributed by atoms with Crippen molar-refractivity contribution in [3.8, 4) is 0 Å². The van der Waals surface area contributed by atoms with Crippen molar-refractivity contribution in [3.05, 3.63) is 60.3 Å². The number of carbonyl (C=O) groups excluding carboxylic acids is 1. The highest BCUT2D eigenvalue weighted by Gasteiger charge is 2.11. The van der Waals surface area contributed by atoms with Gasteiger partial charge in [-0.3, -0.25) is 4.79 Å². The predicted molar refractivity (Wildman–Crippen MR) is 94.0 cm³/mol. The zero-order chi connectivity index (χ0) is 16.8. The molecule has 0 aliphatic rings. The molecule has 1 aromatic heterocycles. The minimum Gasteiger partial charge on any atom is -0.448 e. The SMILES string of the molecule is NCCc1nc(C(=O)NCCNc2cccc3ccccc23)co1. The summed E-state index contributed by atoms with van der Waals surface area (Å²) < 4.78 is 5.18. The van der Waals surface area contributed by atoms with Crippen LogP contribution < -0.4 is 16.4 Å². The maximum atomic E-state index is 12.0. The van der Waals surface area contributed by atoms with Crippen LogP contribution in [0.1, 0.15) is 16.4 Å². The maximum absolute atomic E-state index is 12.0. The summed E-state index contributed by atoms with van der Waals surface area (Å²) in [6, 6.07) is 14.3. The Balaban J connectivity index is 1.52. The molecule has 2 aromatic carbocycles. The van der Waals surface area contributed by atoms with Crippen molar-refractivity contribution in [3.63, 3.8) is 0 Å². The highest BCUT2D eigenvalue weighted by molar-refractivity contribution is 5.94. The Morgan fingerprint density at radius 2 is 1.96 bits per heavy atom. The first kappa shape index (κ1) is 16.0. The van der Waals surface area contributed by atoms with E-state index in [0.29, 0.717) is 31.9 Å². The molecule has 0 unspecified atom stereocenters. The van der Waals surface area contributed by atoms with Gasteiger partial charge in [-0.15, -0.1) is 0 Å². The number of oxazole rings is 1. The molecule has 0 fully saturated rings. The van der Waals surface area contributed by atoms with E-state index in [2.05, 4.69) is 33.8 Å². The standard InChI is InChI=1S/C18H20N4O2/c19-9-8-17-22-16(12-24-17)18(23)21-11-10-20-15-7-3-5-13-4-1-2-6-14(13)15/h1-7,12,20H,8-11,19H2,(H,21,23).